The number of ether oxygens (including phenoxy) is 1. The zero-order valence-corrected chi connectivity index (χ0v) is 10.7. The van der Waals surface area contributed by atoms with E-state index in [-0.39, 0.29) is 5.82 Å². The lowest BCUT2D eigenvalue weighted by Gasteiger charge is -2.03. The second-order valence-corrected chi connectivity index (χ2v) is 4.76. The third kappa shape index (κ3) is 4.22. The number of benzene rings is 1. The number of thiophene rings is 1. The van der Waals surface area contributed by atoms with Gasteiger partial charge in [0.25, 0.3) is 0 Å². The predicted octanol–water partition coefficient (Wildman–Crippen LogP) is 3.56. The molecule has 0 aliphatic heterocycles. The van der Waals surface area contributed by atoms with Crippen LogP contribution in [0.4, 0.5) is 4.39 Å². The van der Waals surface area contributed by atoms with Gasteiger partial charge in [-0.1, -0.05) is 0 Å². The van der Waals surface area contributed by atoms with Crippen LogP contribution in [-0.2, 0) is 11.4 Å². The summed E-state index contributed by atoms with van der Waals surface area (Å²) in [6.45, 7) is 0.372. The Bertz CT molecular complexity index is 587. The van der Waals surface area contributed by atoms with Crippen LogP contribution in [-0.4, -0.2) is 11.1 Å². The standard InChI is InChI=1S/C14H11FO3S/c15-11-2-4-12(5-3-11)18-8-13-7-10(9-19-13)1-6-14(16)17/h1-7,9H,8H2,(H,16,17). The highest BCUT2D eigenvalue weighted by Crippen LogP contribution is 2.19. The van der Waals surface area contributed by atoms with Crippen molar-refractivity contribution in [3.8, 4) is 5.75 Å². The molecule has 1 heterocycles. The van der Waals surface area contributed by atoms with Crippen molar-refractivity contribution in [2.24, 2.45) is 0 Å². The number of hydrogen-bond donors (Lipinski definition) is 1. The van der Waals surface area contributed by atoms with E-state index in [9.17, 15) is 9.18 Å². The van der Waals surface area contributed by atoms with Crippen LogP contribution in [0.1, 0.15) is 10.4 Å². The highest BCUT2D eigenvalue weighted by atomic mass is 32.1. The summed E-state index contributed by atoms with van der Waals surface area (Å²) < 4.78 is 18.2. The summed E-state index contributed by atoms with van der Waals surface area (Å²) in [6, 6.07) is 7.66. The first-order valence-corrected chi connectivity index (χ1v) is 6.38. The molecule has 0 spiro atoms. The fourth-order valence-corrected chi connectivity index (χ4v) is 2.18. The number of carboxylic acid groups (broad SMARTS) is 1. The second-order valence-electron chi connectivity index (χ2n) is 3.76. The summed E-state index contributed by atoms with van der Waals surface area (Å²) in [5.74, 6) is -0.683. The number of carboxylic acids is 1. The lowest BCUT2D eigenvalue weighted by molar-refractivity contribution is -0.131. The summed E-state index contributed by atoms with van der Waals surface area (Å²) in [7, 11) is 0. The average molecular weight is 278 g/mol. The fraction of sp³-hybridized carbons (Fsp3) is 0.0714. The van der Waals surface area contributed by atoms with Gasteiger partial charge in [0.05, 0.1) is 0 Å². The normalized spacial score (nSPS) is 10.8. The van der Waals surface area contributed by atoms with Gasteiger partial charge in [0, 0.05) is 11.0 Å². The zero-order chi connectivity index (χ0) is 13.7. The molecule has 0 unspecified atom stereocenters. The van der Waals surface area contributed by atoms with Crippen molar-refractivity contribution in [3.63, 3.8) is 0 Å². The van der Waals surface area contributed by atoms with Crippen molar-refractivity contribution in [1.29, 1.82) is 0 Å². The Labute approximate surface area is 113 Å². The van der Waals surface area contributed by atoms with Crippen molar-refractivity contribution in [2.75, 3.05) is 0 Å². The molecule has 0 aliphatic rings. The molecule has 1 aromatic heterocycles. The maximum atomic E-state index is 12.7. The van der Waals surface area contributed by atoms with Crippen molar-refractivity contribution < 1.29 is 19.0 Å². The minimum absolute atomic E-state index is 0.301. The molecule has 0 saturated heterocycles. The van der Waals surface area contributed by atoms with Gasteiger partial charge in [-0.15, -0.1) is 11.3 Å². The molecule has 1 N–H and O–H groups in total. The summed E-state index contributed by atoms with van der Waals surface area (Å²) in [5.41, 5.74) is 0.824. The first-order valence-electron chi connectivity index (χ1n) is 5.50. The van der Waals surface area contributed by atoms with E-state index in [0.717, 1.165) is 16.5 Å². The van der Waals surface area contributed by atoms with Gasteiger partial charge in [-0.3, -0.25) is 0 Å². The summed E-state index contributed by atoms with van der Waals surface area (Å²) in [4.78, 5) is 11.3. The number of aliphatic carboxylic acids is 1. The quantitative estimate of drug-likeness (QED) is 0.850. The molecule has 2 rings (SSSR count). The Kier molecular flexibility index (Phi) is 4.30. The van der Waals surface area contributed by atoms with Crippen LogP contribution in [0.25, 0.3) is 6.08 Å². The number of carbonyl (C=O) groups is 1. The van der Waals surface area contributed by atoms with E-state index in [1.165, 1.54) is 29.5 Å². The van der Waals surface area contributed by atoms with E-state index < -0.39 is 5.97 Å². The van der Waals surface area contributed by atoms with Crippen LogP contribution < -0.4 is 4.74 Å². The van der Waals surface area contributed by atoms with Crippen molar-refractivity contribution in [3.05, 3.63) is 58.0 Å². The molecule has 2 aromatic rings. The van der Waals surface area contributed by atoms with Gasteiger partial charge in [0.15, 0.2) is 0 Å². The molecule has 1 aromatic carbocycles. The van der Waals surface area contributed by atoms with E-state index in [1.54, 1.807) is 12.1 Å². The van der Waals surface area contributed by atoms with E-state index in [0.29, 0.717) is 12.4 Å². The summed E-state index contributed by atoms with van der Waals surface area (Å²) >= 11 is 1.48. The Balaban J connectivity index is 1.93. The minimum atomic E-state index is -0.977. The third-order valence-corrected chi connectivity index (χ3v) is 3.22. The fourth-order valence-electron chi connectivity index (χ4n) is 1.41. The van der Waals surface area contributed by atoms with Gasteiger partial charge < -0.3 is 9.84 Å². The maximum absolute atomic E-state index is 12.7. The Morgan fingerprint density at radius 1 is 1.37 bits per heavy atom. The summed E-state index contributed by atoms with van der Waals surface area (Å²) in [6.07, 6.45) is 2.62. The monoisotopic (exact) mass is 278 g/mol. The lowest BCUT2D eigenvalue weighted by atomic mass is 10.3. The number of halogens is 1. The molecule has 5 heteroatoms. The molecule has 0 saturated carbocycles. The van der Waals surface area contributed by atoms with E-state index in [1.807, 2.05) is 11.4 Å². The zero-order valence-electron chi connectivity index (χ0n) is 9.88. The topological polar surface area (TPSA) is 46.5 Å². The average Bonchev–Trinajstić information content (AvgIpc) is 2.84. The first kappa shape index (κ1) is 13.3. The van der Waals surface area contributed by atoms with Gasteiger partial charge in [0.1, 0.15) is 18.2 Å². The van der Waals surface area contributed by atoms with Crippen LogP contribution in [0, 0.1) is 5.82 Å². The van der Waals surface area contributed by atoms with Gasteiger partial charge in [-0.25, -0.2) is 9.18 Å². The molecule has 0 atom stereocenters. The summed E-state index contributed by atoms with van der Waals surface area (Å²) in [5, 5.41) is 10.4. The molecule has 0 aliphatic carbocycles. The molecule has 19 heavy (non-hydrogen) atoms. The van der Waals surface area contributed by atoms with Crippen LogP contribution in [0.3, 0.4) is 0 Å². The molecular weight excluding hydrogens is 267 g/mol. The first-order chi connectivity index (χ1) is 9.13. The number of rotatable bonds is 5. The van der Waals surface area contributed by atoms with Gasteiger partial charge in [0.2, 0.25) is 0 Å². The van der Waals surface area contributed by atoms with E-state index in [2.05, 4.69) is 0 Å². The van der Waals surface area contributed by atoms with E-state index >= 15 is 0 Å². The van der Waals surface area contributed by atoms with Crippen LogP contribution in [0.5, 0.6) is 5.75 Å². The highest BCUT2D eigenvalue weighted by molar-refractivity contribution is 7.10. The Hall–Kier alpha value is -2.14. The maximum Gasteiger partial charge on any atom is 0.328 e. The SMILES string of the molecule is O=C(O)C=Cc1csc(COc2ccc(F)cc2)c1. The Morgan fingerprint density at radius 3 is 2.79 bits per heavy atom. The molecule has 0 amide bonds. The predicted molar refractivity (Wildman–Crippen MR) is 71.7 cm³/mol. The van der Waals surface area contributed by atoms with Crippen molar-refractivity contribution >= 4 is 23.4 Å². The lowest BCUT2D eigenvalue weighted by Crippen LogP contribution is -1.92. The molecule has 3 nitrogen and oxygen atoms in total. The number of hydrogen-bond acceptors (Lipinski definition) is 3. The molecule has 98 valence electrons. The van der Waals surface area contributed by atoms with Gasteiger partial charge >= 0.3 is 5.97 Å². The van der Waals surface area contributed by atoms with Crippen LogP contribution in [0.2, 0.25) is 0 Å². The molecular formula is C14H11FO3S. The van der Waals surface area contributed by atoms with Crippen molar-refractivity contribution in [1.82, 2.24) is 0 Å². The molecule has 0 fully saturated rings. The van der Waals surface area contributed by atoms with Gasteiger partial charge in [-0.05, 0) is 47.4 Å². The van der Waals surface area contributed by atoms with Crippen molar-refractivity contribution in [2.45, 2.75) is 6.61 Å². The smallest absolute Gasteiger partial charge is 0.328 e. The highest BCUT2D eigenvalue weighted by Gasteiger charge is 2.00. The van der Waals surface area contributed by atoms with Crippen LogP contribution >= 0.6 is 11.3 Å². The largest absolute Gasteiger partial charge is 0.488 e. The van der Waals surface area contributed by atoms with E-state index in [4.69, 9.17) is 9.84 Å². The van der Waals surface area contributed by atoms with Crippen LogP contribution in [0.15, 0.2) is 41.8 Å². The van der Waals surface area contributed by atoms with Gasteiger partial charge in [-0.2, -0.15) is 0 Å². The Morgan fingerprint density at radius 2 is 2.11 bits per heavy atom. The molecule has 0 radical (unpaired) electrons. The second kappa shape index (κ2) is 6.15. The molecule has 0 bridgehead atoms. The third-order valence-electron chi connectivity index (χ3n) is 2.29. The minimum Gasteiger partial charge on any atom is -0.488 e.